The Morgan fingerprint density at radius 2 is 1.80 bits per heavy atom. The second kappa shape index (κ2) is 5.06. The summed E-state index contributed by atoms with van der Waals surface area (Å²) in [7, 11) is 1.66. The topological polar surface area (TPSA) is 18.5 Å². The molecule has 1 aromatic carbocycles. The lowest BCUT2D eigenvalue weighted by molar-refractivity contribution is 0.242. The van der Waals surface area contributed by atoms with Gasteiger partial charge in [0.1, 0.15) is 11.5 Å². The highest BCUT2D eigenvalue weighted by Gasteiger charge is 2.09. The van der Waals surface area contributed by atoms with E-state index >= 15 is 0 Å². The molecule has 0 unspecified atom stereocenters. The van der Waals surface area contributed by atoms with Crippen LogP contribution in [0.3, 0.4) is 0 Å². The second-order valence-corrected chi connectivity index (χ2v) is 4.84. The van der Waals surface area contributed by atoms with Gasteiger partial charge in [-0.25, -0.2) is 0 Å². The van der Waals surface area contributed by atoms with E-state index in [0.29, 0.717) is 5.41 Å². The van der Waals surface area contributed by atoms with Crippen LogP contribution in [0.5, 0.6) is 11.5 Å². The first-order valence-corrected chi connectivity index (χ1v) is 5.28. The van der Waals surface area contributed by atoms with E-state index in [4.69, 9.17) is 9.47 Å². The van der Waals surface area contributed by atoms with Crippen LogP contribution in [0.25, 0.3) is 0 Å². The van der Waals surface area contributed by atoms with Gasteiger partial charge in [0.2, 0.25) is 0 Å². The van der Waals surface area contributed by atoms with Gasteiger partial charge in [0, 0.05) is 6.07 Å². The Bertz CT molecular complexity index is 300. The van der Waals surface area contributed by atoms with Gasteiger partial charge in [-0.3, -0.25) is 0 Å². The fourth-order valence-corrected chi connectivity index (χ4v) is 1.17. The molecule has 0 saturated carbocycles. The van der Waals surface area contributed by atoms with Crippen molar-refractivity contribution in [2.24, 2.45) is 5.41 Å². The summed E-state index contributed by atoms with van der Waals surface area (Å²) in [5.74, 6) is 1.71. The molecule has 0 aromatic heterocycles. The highest BCUT2D eigenvalue weighted by atomic mass is 16.5. The van der Waals surface area contributed by atoms with E-state index in [1.54, 1.807) is 7.11 Å². The van der Waals surface area contributed by atoms with Gasteiger partial charge in [-0.1, -0.05) is 26.8 Å². The smallest absolute Gasteiger partial charge is 0.122 e. The zero-order chi connectivity index (χ0) is 11.3. The van der Waals surface area contributed by atoms with Crippen molar-refractivity contribution in [1.29, 1.82) is 0 Å². The molecular formula is C13H20O2. The molecule has 1 aromatic rings. The first-order chi connectivity index (χ1) is 7.01. The van der Waals surface area contributed by atoms with Crippen LogP contribution in [0.2, 0.25) is 0 Å². The fourth-order valence-electron chi connectivity index (χ4n) is 1.17. The van der Waals surface area contributed by atoms with Crippen LogP contribution in [0.4, 0.5) is 0 Å². The normalized spacial score (nSPS) is 11.2. The summed E-state index contributed by atoms with van der Waals surface area (Å²) in [5.41, 5.74) is 0.318. The van der Waals surface area contributed by atoms with Gasteiger partial charge in [-0.05, 0) is 24.0 Å². The van der Waals surface area contributed by atoms with E-state index in [9.17, 15) is 0 Å². The van der Waals surface area contributed by atoms with E-state index in [2.05, 4.69) is 20.8 Å². The van der Waals surface area contributed by atoms with Crippen molar-refractivity contribution in [3.8, 4) is 11.5 Å². The SMILES string of the molecule is COc1cccc(OCCC(C)(C)C)c1. The first kappa shape index (κ1) is 11.9. The van der Waals surface area contributed by atoms with Gasteiger partial charge in [0.05, 0.1) is 13.7 Å². The van der Waals surface area contributed by atoms with Crippen LogP contribution in [-0.2, 0) is 0 Å². The van der Waals surface area contributed by atoms with Gasteiger partial charge in [-0.2, -0.15) is 0 Å². The molecule has 84 valence electrons. The van der Waals surface area contributed by atoms with Crippen molar-refractivity contribution < 1.29 is 9.47 Å². The zero-order valence-corrected chi connectivity index (χ0v) is 10.0. The Labute approximate surface area is 92.2 Å². The third-order valence-corrected chi connectivity index (χ3v) is 2.16. The summed E-state index contributed by atoms with van der Waals surface area (Å²) < 4.78 is 10.8. The van der Waals surface area contributed by atoms with Gasteiger partial charge in [0.15, 0.2) is 0 Å². The lowest BCUT2D eigenvalue weighted by atomic mass is 9.93. The molecule has 0 saturated heterocycles. The van der Waals surface area contributed by atoms with Crippen molar-refractivity contribution in [1.82, 2.24) is 0 Å². The number of benzene rings is 1. The average Bonchev–Trinajstić information content (AvgIpc) is 2.16. The summed E-state index contributed by atoms with van der Waals surface area (Å²) in [6, 6.07) is 7.70. The van der Waals surface area contributed by atoms with Gasteiger partial charge >= 0.3 is 0 Å². The fraction of sp³-hybridized carbons (Fsp3) is 0.538. The summed E-state index contributed by atoms with van der Waals surface area (Å²) in [4.78, 5) is 0. The summed E-state index contributed by atoms with van der Waals surface area (Å²) >= 11 is 0. The summed E-state index contributed by atoms with van der Waals surface area (Å²) in [6.07, 6.45) is 1.05. The molecule has 0 aliphatic rings. The van der Waals surface area contributed by atoms with Crippen LogP contribution in [0, 0.1) is 5.41 Å². The van der Waals surface area contributed by atoms with Crippen molar-refractivity contribution >= 4 is 0 Å². The molecule has 1 rings (SSSR count). The average molecular weight is 208 g/mol. The highest BCUT2D eigenvalue weighted by molar-refractivity contribution is 5.32. The Balaban J connectivity index is 2.44. The molecule has 2 nitrogen and oxygen atoms in total. The molecule has 2 heteroatoms. The second-order valence-electron chi connectivity index (χ2n) is 4.84. The lowest BCUT2D eigenvalue weighted by Gasteiger charge is -2.18. The third-order valence-electron chi connectivity index (χ3n) is 2.16. The first-order valence-electron chi connectivity index (χ1n) is 5.28. The molecule has 0 amide bonds. The van der Waals surface area contributed by atoms with E-state index in [1.807, 2.05) is 24.3 Å². The molecule has 0 bridgehead atoms. The largest absolute Gasteiger partial charge is 0.497 e. The van der Waals surface area contributed by atoms with Crippen molar-refractivity contribution in [2.45, 2.75) is 27.2 Å². The van der Waals surface area contributed by atoms with Crippen molar-refractivity contribution in [2.75, 3.05) is 13.7 Å². The van der Waals surface area contributed by atoms with Gasteiger partial charge < -0.3 is 9.47 Å². The van der Waals surface area contributed by atoms with Crippen LogP contribution in [-0.4, -0.2) is 13.7 Å². The summed E-state index contributed by atoms with van der Waals surface area (Å²) in [6.45, 7) is 7.38. The van der Waals surface area contributed by atoms with E-state index in [-0.39, 0.29) is 0 Å². The summed E-state index contributed by atoms with van der Waals surface area (Å²) in [5, 5.41) is 0. The van der Waals surface area contributed by atoms with E-state index in [0.717, 1.165) is 24.5 Å². The maximum Gasteiger partial charge on any atom is 0.122 e. The van der Waals surface area contributed by atoms with E-state index < -0.39 is 0 Å². The third kappa shape index (κ3) is 4.73. The zero-order valence-electron chi connectivity index (χ0n) is 10.0. The van der Waals surface area contributed by atoms with Crippen LogP contribution in [0.15, 0.2) is 24.3 Å². The number of methoxy groups -OCH3 is 1. The Morgan fingerprint density at radius 3 is 2.40 bits per heavy atom. The molecule has 0 spiro atoms. The Hall–Kier alpha value is -1.18. The molecule has 0 radical (unpaired) electrons. The standard InChI is InChI=1S/C13H20O2/c1-13(2,3)8-9-15-12-7-5-6-11(10-12)14-4/h5-7,10H,8-9H2,1-4H3. The van der Waals surface area contributed by atoms with Crippen LogP contribution >= 0.6 is 0 Å². The monoisotopic (exact) mass is 208 g/mol. The minimum atomic E-state index is 0.318. The quantitative estimate of drug-likeness (QED) is 0.753. The van der Waals surface area contributed by atoms with Gasteiger partial charge in [0.25, 0.3) is 0 Å². The molecule has 15 heavy (non-hydrogen) atoms. The molecule has 0 heterocycles. The number of ether oxygens (including phenoxy) is 2. The molecular weight excluding hydrogens is 188 g/mol. The molecule has 0 aliphatic carbocycles. The predicted octanol–water partition coefficient (Wildman–Crippen LogP) is 3.51. The van der Waals surface area contributed by atoms with Crippen LogP contribution < -0.4 is 9.47 Å². The molecule has 0 aliphatic heterocycles. The Morgan fingerprint density at radius 1 is 1.13 bits per heavy atom. The number of rotatable bonds is 4. The van der Waals surface area contributed by atoms with Crippen molar-refractivity contribution in [3.05, 3.63) is 24.3 Å². The van der Waals surface area contributed by atoms with E-state index in [1.165, 1.54) is 0 Å². The highest BCUT2D eigenvalue weighted by Crippen LogP contribution is 2.22. The lowest BCUT2D eigenvalue weighted by Crippen LogP contribution is -2.11. The molecule has 0 atom stereocenters. The maximum absolute atomic E-state index is 5.64. The minimum Gasteiger partial charge on any atom is -0.497 e. The van der Waals surface area contributed by atoms with Crippen LogP contribution in [0.1, 0.15) is 27.2 Å². The van der Waals surface area contributed by atoms with Crippen molar-refractivity contribution in [3.63, 3.8) is 0 Å². The predicted molar refractivity (Wildman–Crippen MR) is 62.6 cm³/mol. The number of hydrogen-bond donors (Lipinski definition) is 0. The van der Waals surface area contributed by atoms with Gasteiger partial charge in [-0.15, -0.1) is 0 Å². The molecule has 0 N–H and O–H groups in total. The Kier molecular flexibility index (Phi) is 4.01. The molecule has 0 fully saturated rings. The minimum absolute atomic E-state index is 0.318. The maximum atomic E-state index is 5.64. The number of hydrogen-bond acceptors (Lipinski definition) is 2.